The number of aliphatic hydroxyl groups is 1. The molecular formula is C37H44BrN3O7. The predicted molar refractivity (Wildman–Crippen MR) is 184 cm³/mol. The van der Waals surface area contributed by atoms with Crippen molar-refractivity contribution in [3.63, 3.8) is 0 Å². The predicted octanol–water partition coefficient (Wildman–Crippen LogP) is 3.57. The molecule has 2 aromatic carbocycles. The van der Waals surface area contributed by atoms with Crippen molar-refractivity contribution in [1.29, 1.82) is 0 Å². The summed E-state index contributed by atoms with van der Waals surface area (Å²) in [6.07, 6.45) is 3.35. The van der Waals surface area contributed by atoms with Crippen molar-refractivity contribution >= 4 is 39.6 Å². The Morgan fingerprint density at radius 3 is 2.42 bits per heavy atom. The first-order valence-electron chi connectivity index (χ1n) is 16.5. The highest BCUT2D eigenvalue weighted by Gasteiger charge is 2.77. The smallest absolute Gasteiger partial charge is 0.312 e. The average molecular weight is 723 g/mol. The molecular weight excluding hydrogens is 678 g/mol. The van der Waals surface area contributed by atoms with Crippen LogP contribution in [0.5, 0.6) is 0 Å². The number of aliphatic hydroxyl groups excluding tert-OH is 1. The number of alkyl halides is 1. The van der Waals surface area contributed by atoms with Gasteiger partial charge in [0.15, 0.2) is 0 Å². The molecule has 0 aliphatic carbocycles. The van der Waals surface area contributed by atoms with Gasteiger partial charge in [0, 0.05) is 24.3 Å². The second-order valence-corrected chi connectivity index (χ2v) is 14.0. The van der Waals surface area contributed by atoms with Crippen LogP contribution in [-0.4, -0.2) is 93.0 Å². The van der Waals surface area contributed by atoms with E-state index in [1.807, 2.05) is 60.7 Å². The number of allylic oxidation sites excluding steroid dienone is 1. The summed E-state index contributed by atoms with van der Waals surface area (Å²) in [6, 6.07) is 17.2. The first kappa shape index (κ1) is 35.5. The minimum atomic E-state index is -1.33. The molecule has 48 heavy (non-hydrogen) atoms. The third kappa shape index (κ3) is 7.13. The summed E-state index contributed by atoms with van der Waals surface area (Å²) in [5.74, 6) is -3.56. The fourth-order valence-corrected chi connectivity index (χ4v) is 8.35. The van der Waals surface area contributed by atoms with E-state index in [-0.39, 0.29) is 42.7 Å². The number of nitrogens with zero attached hydrogens (tertiary/aromatic N) is 2. The molecule has 8 atom stereocenters. The van der Waals surface area contributed by atoms with Crippen molar-refractivity contribution in [2.24, 2.45) is 11.8 Å². The topological polar surface area (TPSA) is 125 Å². The number of hydrogen-bond acceptors (Lipinski definition) is 7. The van der Waals surface area contributed by atoms with Crippen LogP contribution in [-0.2, 0) is 41.6 Å². The van der Waals surface area contributed by atoms with E-state index < -0.39 is 60.2 Å². The Hall–Kier alpha value is -3.80. The van der Waals surface area contributed by atoms with Crippen molar-refractivity contribution < 1.29 is 33.8 Å². The fraction of sp³-hybridized carbons (Fsp3) is 0.459. The van der Waals surface area contributed by atoms with Gasteiger partial charge in [-0.1, -0.05) is 88.7 Å². The third-order valence-electron chi connectivity index (χ3n) is 9.51. The summed E-state index contributed by atoms with van der Waals surface area (Å²) in [4.78, 5) is 58.3. The lowest BCUT2D eigenvalue weighted by Gasteiger charge is -2.39. The van der Waals surface area contributed by atoms with Gasteiger partial charge in [0.1, 0.15) is 17.7 Å². The fourth-order valence-electron chi connectivity index (χ4n) is 7.41. The minimum absolute atomic E-state index is 0.106. The molecule has 1 spiro atoms. The van der Waals surface area contributed by atoms with Crippen LogP contribution in [0, 0.1) is 11.8 Å². The van der Waals surface area contributed by atoms with Gasteiger partial charge in [-0.15, -0.1) is 13.2 Å². The molecule has 2 N–H and O–H groups in total. The summed E-state index contributed by atoms with van der Waals surface area (Å²) in [5.41, 5.74) is 0.461. The maximum Gasteiger partial charge on any atom is 0.312 e. The molecule has 256 valence electrons. The number of hydrogen-bond donors (Lipinski definition) is 2. The highest BCUT2D eigenvalue weighted by atomic mass is 79.9. The zero-order valence-corrected chi connectivity index (χ0v) is 28.8. The largest absolute Gasteiger partial charge is 0.460 e. The number of nitrogens with one attached hydrogen (secondary N) is 1. The number of rotatable bonds is 16. The van der Waals surface area contributed by atoms with Gasteiger partial charge in [0.25, 0.3) is 0 Å². The first-order valence-corrected chi connectivity index (χ1v) is 17.4. The highest BCUT2D eigenvalue weighted by molar-refractivity contribution is 9.09. The van der Waals surface area contributed by atoms with Crippen LogP contribution < -0.4 is 5.32 Å². The van der Waals surface area contributed by atoms with Crippen LogP contribution in [0.2, 0.25) is 0 Å². The minimum Gasteiger partial charge on any atom is -0.460 e. The lowest BCUT2D eigenvalue weighted by atomic mass is 9.70. The van der Waals surface area contributed by atoms with Gasteiger partial charge < -0.3 is 29.7 Å². The molecule has 3 amide bonds. The molecule has 2 bridgehead atoms. The quantitative estimate of drug-likeness (QED) is 0.154. The van der Waals surface area contributed by atoms with E-state index in [9.17, 15) is 24.3 Å². The van der Waals surface area contributed by atoms with Gasteiger partial charge in [0.05, 0.1) is 37.1 Å². The van der Waals surface area contributed by atoms with Gasteiger partial charge in [0.2, 0.25) is 17.7 Å². The number of carbonyl (C=O) groups excluding carboxylic acids is 4. The van der Waals surface area contributed by atoms with Crippen molar-refractivity contribution in [2.75, 3.05) is 19.7 Å². The zero-order chi connectivity index (χ0) is 34.4. The number of esters is 1. The van der Waals surface area contributed by atoms with Crippen molar-refractivity contribution in [2.45, 2.75) is 73.9 Å². The second kappa shape index (κ2) is 15.6. The SMILES string of the molecule is C=CCCC(=O)NC[C@@H](C)OC(=O)[C@H]1[C@@H]2O[C@@]3(CC2Br)[C@@H]1C(=O)N([C@@H](CO)Cc1ccccc1)[C@@H]3C(=O)N(CC=C)Cc1ccccc1. The molecule has 0 aromatic heterocycles. The average Bonchev–Trinajstić information content (AvgIpc) is 3.69. The molecule has 1 unspecified atom stereocenters. The maximum atomic E-state index is 14.8. The Morgan fingerprint density at radius 2 is 1.79 bits per heavy atom. The van der Waals surface area contributed by atoms with E-state index in [0.29, 0.717) is 19.3 Å². The number of fused-ring (bicyclic) bond motifs is 1. The number of carbonyl (C=O) groups is 4. The molecule has 3 aliphatic rings. The molecule has 0 saturated carbocycles. The lowest BCUT2D eigenvalue weighted by molar-refractivity contribution is -0.160. The molecule has 5 rings (SSSR count). The van der Waals surface area contributed by atoms with E-state index in [4.69, 9.17) is 9.47 Å². The number of ether oxygens (including phenoxy) is 2. The zero-order valence-electron chi connectivity index (χ0n) is 27.2. The number of benzene rings is 2. The van der Waals surface area contributed by atoms with Crippen molar-refractivity contribution in [3.8, 4) is 0 Å². The Balaban J connectivity index is 1.48. The van der Waals surface area contributed by atoms with Gasteiger partial charge >= 0.3 is 5.97 Å². The Labute approximate surface area is 290 Å². The number of halogens is 1. The summed E-state index contributed by atoms with van der Waals surface area (Å²) < 4.78 is 12.5. The van der Waals surface area contributed by atoms with Crippen molar-refractivity contribution in [1.82, 2.24) is 15.1 Å². The summed E-state index contributed by atoms with van der Waals surface area (Å²) in [6.45, 7) is 9.38. The molecule has 3 heterocycles. The monoisotopic (exact) mass is 721 g/mol. The van der Waals surface area contributed by atoms with Crippen LogP contribution in [0.25, 0.3) is 0 Å². The first-order chi connectivity index (χ1) is 23.1. The molecule has 11 heteroatoms. The molecule has 3 aliphatic heterocycles. The summed E-state index contributed by atoms with van der Waals surface area (Å²) in [5, 5.41) is 13.5. The van der Waals surface area contributed by atoms with Gasteiger partial charge in [-0.3, -0.25) is 19.2 Å². The van der Waals surface area contributed by atoms with E-state index in [0.717, 1.165) is 11.1 Å². The molecule has 0 radical (unpaired) electrons. The van der Waals surface area contributed by atoms with Crippen LogP contribution in [0.1, 0.15) is 37.3 Å². The lowest BCUT2D eigenvalue weighted by Crippen LogP contribution is -2.59. The molecule has 3 saturated heterocycles. The molecule has 10 nitrogen and oxygen atoms in total. The maximum absolute atomic E-state index is 14.8. The normalized spacial score (nSPS) is 26.8. The van der Waals surface area contributed by atoms with E-state index >= 15 is 0 Å². The van der Waals surface area contributed by atoms with Crippen LogP contribution >= 0.6 is 15.9 Å². The van der Waals surface area contributed by atoms with Gasteiger partial charge in [-0.25, -0.2) is 0 Å². The van der Waals surface area contributed by atoms with Crippen molar-refractivity contribution in [3.05, 3.63) is 97.1 Å². The third-order valence-corrected chi connectivity index (χ3v) is 10.4. The van der Waals surface area contributed by atoms with Gasteiger partial charge in [-0.2, -0.15) is 0 Å². The summed E-state index contributed by atoms with van der Waals surface area (Å²) >= 11 is 3.70. The molecule has 3 fully saturated rings. The standard InChI is InChI=1S/C37H44BrN3O7/c1-4-6-17-29(43)39-21-24(3)47-36(46)30-31-34(44)41(27(23-42)19-25-13-9-7-10-14-25)33(37(31)20-28(38)32(30)48-37)35(45)40(18-5-2)22-26-15-11-8-12-16-26/h4-5,7-16,24,27-28,30-33,42H,1-2,6,17-23H2,3H3,(H,39,43)/t24-,27-,28?,30-,31+,32-,33-,37+/m1/s1. The number of likely N-dealkylation sites (tertiary alicyclic amines) is 1. The van der Waals surface area contributed by atoms with Gasteiger partial charge in [-0.05, 0) is 37.3 Å². The highest BCUT2D eigenvalue weighted by Crippen LogP contribution is 2.60. The van der Waals surface area contributed by atoms with E-state index in [1.165, 1.54) is 4.90 Å². The Morgan fingerprint density at radius 1 is 1.12 bits per heavy atom. The van der Waals surface area contributed by atoms with Crippen LogP contribution in [0.3, 0.4) is 0 Å². The number of amides is 3. The van der Waals surface area contributed by atoms with Crippen LogP contribution in [0.15, 0.2) is 86.0 Å². The Kier molecular flexibility index (Phi) is 11.5. The second-order valence-electron chi connectivity index (χ2n) is 12.8. The summed E-state index contributed by atoms with van der Waals surface area (Å²) in [7, 11) is 0. The Bertz CT molecular complexity index is 1490. The van der Waals surface area contributed by atoms with E-state index in [2.05, 4.69) is 34.4 Å². The molecule has 2 aromatic rings. The van der Waals surface area contributed by atoms with E-state index in [1.54, 1.807) is 24.0 Å². The van der Waals surface area contributed by atoms with Crippen LogP contribution in [0.4, 0.5) is 0 Å².